The molecule has 6 nitrogen and oxygen atoms in total. The van der Waals surface area contributed by atoms with E-state index >= 15 is 0 Å². The van der Waals surface area contributed by atoms with E-state index in [-0.39, 0.29) is 5.91 Å². The Bertz CT molecular complexity index is 946. The lowest BCUT2D eigenvalue weighted by Crippen LogP contribution is -2.49. The van der Waals surface area contributed by atoms with Gasteiger partial charge in [-0.25, -0.2) is 4.98 Å². The number of rotatable bonds is 6. The molecule has 6 heteroatoms. The number of carbonyl (C=O) groups excluding carboxylic acids is 1. The van der Waals surface area contributed by atoms with Crippen LogP contribution in [0.25, 0.3) is 5.69 Å². The van der Waals surface area contributed by atoms with Crippen LogP contribution in [0.4, 0.5) is 5.95 Å². The fourth-order valence-corrected chi connectivity index (χ4v) is 3.70. The van der Waals surface area contributed by atoms with E-state index in [1.807, 2.05) is 59.8 Å². The highest BCUT2D eigenvalue weighted by Gasteiger charge is 2.23. The number of nitrogens with zero attached hydrogens (tertiary/aromatic N) is 4. The van der Waals surface area contributed by atoms with Gasteiger partial charge in [-0.15, -0.1) is 0 Å². The maximum Gasteiger partial charge on any atom is 0.223 e. The second-order valence-electron chi connectivity index (χ2n) is 7.15. The van der Waals surface area contributed by atoms with Crippen molar-refractivity contribution in [3.63, 3.8) is 0 Å². The summed E-state index contributed by atoms with van der Waals surface area (Å²) in [4.78, 5) is 21.4. The third kappa shape index (κ3) is 4.42. The molecule has 0 N–H and O–H groups in total. The van der Waals surface area contributed by atoms with Crippen molar-refractivity contribution < 1.29 is 9.53 Å². The second kappa shape index (κ2) is 8.82. The van der Waals surface area contributed by atoms with Gasteiger partial charge in [-0.1, -0.05) is 36.4 Å². The number of aromatic nitrogens is 2. The lowest BCUT2D eigenvalue weighted by molar-refractivity contribution is -0.131. The molecule has 0 spiro atoms. The number of piperazine rings is 1. The van der Waals surface area contributed by atoms with Crippen molar-refractivity contribution in [2.75, 3.05) is 38.2 Å². The summed E-state index contributed by atoms with van der Waals surface area (Å²) in [5, 5.41) is 0. The van der Waals surface area contributed by atoms with Crippen molar-refractivity contribution in [2.45, 2.75) is 12.8 Å². The highest BCUT2D eigenvalue weighted by atomic mass is 16.5. The van der Waals surface area contributed by atoms with E-state index in [1.54, 1.807) is 7.11 Å². The second-order valence-corrected chi connectivity index (χ2v) is 7.15. The van der Waals surface area contributed by atoms with Gasteiger partial charge in [-0.2, -0.15) is 0 Å². The first-order valence-corrected chi connectivity index (χ1v) is 9.99. The number of amides is 1. The van der Waals surface area contributed by atoms with Crippen molar-refractivity contribution in [3.05, 3.63) is 72.6 Å². The minimum Gasteiger partial charge on any atom is -0.497 e. The number of carbonyl (C=O) groups is 1. The van der Waals surface area contributed by atoms with E-state index in [2.05, 4.69) is 26.6 Å². The van der Waals surface area contributed by atoms with Crippen molar-refractivity contribution >= 4 is 11.9 Å². The molecule has 0 radical (unpaired) electrons. The first-order chi connectivity index (χ1) is 14.2. The Balaban J connectivity index is 1.36. The average molecular weight is 390 g/mol. The Hall–Kier alpha value is -3.28. The molecule has 4 rings (SSSR count). The van der Waals surface area contributed by atoms with Crippen LogP contribution in [-0.4, -0.2) is 53.6 Å². The number of aryl methyl sites for hydroxylation is 1. The molecule has 0 bridgehead atoms. The number of anilines is 1. The molecular weight excluding hydrogens is 364 g/mol. The standard InChI is InChI=1S/C23H26N4O2/c1-29-21-9-5-8-20(18-21)27-13-12-24-23(27)26-16-14-25(15-17-26)22(28)11-10-19-6-3-2-4-7-19/h2-9,12-13,18H,10-11,14-17H2,1H3. The molecule has 1 fully saturated rings. The quantitative estimate of drug-likeness (QED) is 0.649. The molecule has 1 aliphatic heterocycles. The van der Waals surface area contributed by atoms with Crippen LogP contribution in [0.2, 0.25) is 0 Å². The van der Waals surface area contributed by atoms with Gasteiger partial charge in [0.2, 0.25) is 11.9 Å². The Morgan fingerprint density at radius 3 is 2.59 bits per heavy atom. The van der Waals surface area contributed by atoms with Crippen molar-refractivity contribution in [1.82, 2.24) is 14.5 Å². The summed E-state index contributed by atoms with van der Waals surface area (Å²) in [5.41, 5.74) is 2.22. The summed E-state index contributed by atoms with van der Waals surface area (Å²) >= 11 is 0. The van der Waals surface area contributed by atoms with Crippen LogP contribution in [0.3, 0.4) is 0 Å². The van der Waals surface area contributed by atoms with Gasteiger partial charge in [0.15, 0.2) is 0 Å². The van der Waals surface area contributed by atoms with Crippen molar-refractivity contribution in [2.24, 2.45) is 0 Å². The molecule has 2 aromatic carbocycles. The van der Waals surface area contributed by atoms with E-state index in [4.69, 9.17) is 4.74 Å². The average Bonchev–Trinajstić information content (AvgIpc) is 3.28. The maximum absolute atomic E-state index is 12.6. The molecule has 0 aliphatic carbocycles. The SMILES string of the molecule is COc1cccc(-n2ccnc2N2CCN(C(=O)CCc3ccccc3)CC2)c1. The summed E-state index contributed by atoms with van der Waals surface area (Å²) in [6.45, 7) is 2.99. The fourth-order valence-electron chi connectivity index (χ4n) is 3.70. The number of imidazole rings is 1. The molecule has 1 aromatic heterocycles. The van der Waals surface area contributed by atoms with Gasteiger partial charge < -0.3 is 14.5 Å². The van der Waals surface area contributed by atoms with Gasteiger partial charge in [-0.3, -0.25) is 9.36 Å². The monoisotopic (exact) mass is 390 g/mol. The lowest BCUT2D eigenvalue weighted by atomic mass is 10.1. The Kier molecular flexibility index (Phi) is 5.79. The Morgan fingerprint density at radius 2 is 1.83 bits per heavy atom. The van der Waals surface area contributed by atoms with E-state index in [0.29, 0.717) is 6.42 Å². The molecule has 1 aliphatic rings. The Morgan fingerprint density at radius 1 is 1.03 bits per heavy atom. The van der Waals surface area contributed by atoms with Crippen LogP contribution < -0.4 is 9.64 Å². The third-order valence-corrected chi connectivity index (χ3v) is 5.34. The van der Waals surface area contributed by atoms with Crippen LogP contribution >= 0.6 is 0 Å². The normalized spacial score (nSPS) is 14.1. The van der Waals surface area contributed by atoms with Crippen LogP contribution in [0.15, 0.2) is 67.0 Å². The topological polar surface area (TPSA) is 50.6 Å². The summed E-state index contributed by atoms with van der Waals surface area (Å²) in [5.74, 6) is 1.94. The van der Waals surface area contributed by atoms with Gasteiger partial charge >= 0.3 is 0 Å². The zero-order valence-corrected chi connectivity index (χ0v) is 16.7. The zero-order valence-electron chi connectivity index (χ0n) is 16.7. The highest BCUT2D eigenvalue weighted by Crippen LogP contribution is 2.23. The summed E-state index contributed by atoms with van der Waals surface area (Å²) in [6.07, 6.45) is 5.12. The van der Waals surface area contributed by atoms with Crippen LogP contribution in [0.5, 0.6) is 5.75 Å². The van der Waals surface area contributed by atoms with E-state index < -0.39 is 0 Å². The molecular formula is C23H26N4O2. The molecule has 150 valence electrons. The predicted octanol–water partition coefficient (Wildman–Crippen LogP) is 3.16. The molecule has 0 unspecified atom stereocenters. The van der Waals surface area contributed by atoms with Crippen LogP contribution in [0.1, 0.15) is 12.0 Å². The van der Waals surface area contributed by atoms with Gasteiger partial charge in [-0.05, 0) is 24.1 Å². The van der Waals surface area contributed by atoms with Gasteiger partial charge in [0.25, 0.3) is 0 Å². The minimum atomic E-state index is 0.227. The lowest BCUT2D eigenvalue weighted by Gasteiger charge is -2.35. The van der Waals surface area contributed by atoms with Gasteiger partial charge in [0.05, 0.1) is 12.8 Å². The number of methoxy groups -OCH3 is 1. The van der Waals surface area contributed by atoms with Crippen LogP contribution in [-0.2, 0) is 11.2 Å². The van der Waals surface area contributed by atoms with E-state index in [9.17, 15) is 4.79 Å². The summed E-state index contributed by atoms with van der Waals surface area (Å²) in [7, 11) is 1.67. The minimum absolute atomic E-state index is 0.227. The molecule has 0 saturated carbocycles. The van der Waals surface area contributed by atoms with E-state index in [0.717, 1.165) is 50.0 Å². The van der Waals surface area contributed by atoms with Crippen LogP contribution in [0, 0.1) is 0 Å². The number of benzene rings is 2. The van der Waals surface area contributed by atoms with E-state index in [1.165, 1.54) is 5.56 Å². The molecule has 0 atom stereocenters. The number of hydrogen-bond acceptors (Lipinski definition) is 4. The summed E-state index contributed by atoms with van der Waals surface area (Å²) < 4.78 is 7.41. The smallest absolute Gasteiger partial charge is 0.223 e. The van der Waals surface area contributed by atoms with Crippen molar-refractivity contribution in [3.8, 4) is 11.4 Å². The Labute approximate surface area is 171 Å². The number of ether oxygens (including phenoxy) is 1. The first kappa shape index (κ1) is 19.1. The van der Waals surface area contributed by atoms with Gasteiger partial charge in [0, 0.05) is 51.1 Å². The maximum atomic E-state index is 12.6. The molecule has 29 heavy (non-hydrogen) atoms. The molecule has 1 amide bonds. The first-order valence-electron chi connectivity index (χ1n) is 9.99. The fraction of sp³-hybridized carbons (Fsp3) is 0.304. The largest absolute Gasteiger partial charge is 0.497 e. The number of hydrogen-bond donors (Lipinski definition) is 0. The highest BCUT2D eigenvalue weighted by molar-refractivity contribution is 5.76. The molecule has 1 saturated heterocycles. The molecule has 3 aromatic rings. The van der Waals surface area contributed by atoms with Gasteiger partial charge in [0.1, 0.15) is 5.75 Å². The zero-order chi connectivity index (χ0) is 20.1. The predicted molar refractivity (Wildman–Crippen MR) is 114 cm³/mol. The third-order valence-electron chi connectivity index (χ3n) is 5.34. The molecule has 2 heterocycles. The summed E-state index contributed by atoms with van der Waals surface area (Å²) in [6, 6.07) is 18.1. The van der Waals surface area contributed by atoms with Crippen molar-refractivity contribution in [1.29, 1.82) is 0 Å².